The number of nitrogens with one attached hydrogen (secondary N) is 1. The van der Waals surface area contributed by atoms with Crippen molar-refractivity contribution in [1.29, 1.82) is 0 Å². The SMILES string of the molecule is CC1CCN(c2nc(-c3ccc(F)cc3)c(-c3ccnc(NC4CCCC4)n3)s2)CC1. The minimum atomic E-state index is -0.240. The van der Waals surface area contributed by atoms with Gasteiger partial charge in [-0.15, -0.1) is 0 Å². The molecule has 7 heteroatoms. The van der Waals surface area contributed by atoms with Gasteiger partial charge in [-0.2, -0.15) is 0 Å². The molecule has 2 aliphatic rings. The minimum Gasteiger partial charge on any atom is -0.351 e. The van der Waals surface area contributed by atoms with Gasteiger partial charge in [-0.1, -0.05) is 31.1 Å². The molecule has 0 radical (unpaired) electrons. The zero-order valence-electron chi connectivity index (χ0n) is 17.9. The van der Waals surface area contributed by atoms with E-state index >= 15 is 0 Å². The molecule has 0 amide bonds. The summed E-state index contributed by atoms with van der Waals surface area (Å²) in [5, 5.41) is 4.51. The van der Waals surface area contributed by atoms with E-state index in [-0.39, 0.29) is 5.82 Å². The molecule has 0 unspecified atom stereocenters. The fourth-order valence-electron chi connectivity index (χ4n) is 4.43. The Labute approximate surface area is 186 Å². The van der Waals surface area contributed by atoms with Crippen LogP contribution in [0.4, 0.5) is 15.5 Å². The Balaban J connectivity index is 1.51. The number of hydrogen-bond donors (Lipinski definition) is 1. The Bertz CT molecular complexity index is 1020. The molecule has 2 aromatic heterocycles. The zero-order chi connectivity index (χ0) is 21.2. The minimum absolute atomic E-state index is 0.240. The quantitative estimate of drug-likeness (QED) is 0.531. The summed E-state index contributed by atoms with van der Waals surface area (Å²) >= 11 is 1.67. The summed E-state index contributed by atoms with van der Waals surface area (Å²) in [6.45, 7) is 4.36. The number of thiazole rings is 1. The maximum atomic E-state index is 13.6. The molecule has 0 bridgehead atoms. The predicted molar refractivity (Wildman–Crippen MR) is 125 cm³/mol. The van der Waals surface area contributed by atoms with E-state index in [0.29, 0.717) is 12.0 Å². The summed E-state index contributed by atoms with van der Waals surface area (Å²) in [6, 6.07) is 8.99. The summed E-state index contributed by atoms with van der Waals surface area (Å²) in [4.78, 5) is 17.7. The molecule has 3 heterocycles. The maximum Gasteiger partial charge on any atom is 0.223 e. The number of rotatable bonds is 5. The van der Waals surface area contributed by atoms with Crippen LogP contribution >= 0.6 is 11.3 Å². The number of aromatic nitrogens is 3. The summed E-state index contributed by atoms with van der Waals surface area (Å²) in [6.07, 6.45) is 9.06. The monoisotopic (exact) mass is 437 g/mol. The first-order valence-electron chi connectivity index (χ1n) is 11.3. The van der Waals surface area contributed by atoms with E-state index in [0.717, 1.165) is 46.0 Å². The van der Waals surface area contributed by atoms with Gasteiger partial charge in [0.05, 0.1) is 16.3 Å². The van der Waals surface area contributed by atoms with Crippen LogP contribution in [0.2, 0.25) is 0 Å². The van der Waals surface area contributed by atoms with Crippen molar-refractivity contribution in [3.8, 4) is 21.8 Å². The molecule has 0 atom stereocenters. The lowest BCUT2D eigenvalue weighted by Crippen LogP contribution is -2.32. The Hall–Kier alpha value is -2.54. The number of piperidine rings is 1. The number of benzene rings is 1. The third-order valence-electron chi connectivity index (χ3n) is 6.36. The molecular weight excluding hydrogens is 409 g/mol. The van der Waals surface area contributed by atoms with E-state index in [2.05, 4.69) is 22.1 Å². The summed E-state index contributed by atoms with van der Waals surface area (Å²) in [7, 11) is 0. The van der Waals surface area contributed by atoms with E-state index in [9.17, 15) is 4.39 Å². The van der Waals surface area contributed by atoms with Gasteiger partial charge in [-0.05, 0) is 61.9 Å². The third kappa shape index (κ3) is 4.56. The van der Waals surface area contributed by atoms with Gasteiger partial charge >= 0.3 is 0 Å². The van der Waals surface area contributed by atoms with Crippen molar-refractivity contribution >= 4 is 22.4 Å². The highest BCUT2D eigenvalue weighted by Crippen LogP contribution is 2.40. The number of nitrogens with zero attached hydrogens (tertiary/aromatic N) is 4. The number of anilines is 2. The van der Waals surface area contributed by atoms with Crippen molar-refractivity contribution in [3.63, 3.8) is 0 Å². The second kappa shape index (κ2) is 8.91. The van der Waals surface area contributed by atoms with Gasteiger partial charge in [-0.25, -0.2) is 19.3 Å². The second-order valence-corrected chi connectivity index (χ2v) is 9.72. The molecule has 1 saturated carbocycles. The summed E-state index contributed by atoms with van der Waals surface area (Å²) in [5.41, 5.74) is 2.64. The van der Waals surface area contributed by atoms with Crippen LogP contribution in [0.25, 0.3) is 21.8 Å². The highest BCUT2D eigenvalue weighted by atomic mass is 32.1. The standard InChI is InChI=1S/C24H28FN5S/c1-16-11-14-30(15-12-16)24-29-21(17-6-8-18(25)9-7-17)22(31-24)20-10-13-26-23(28-20)27-19-4-2-3-5-19/h6-10,13,16,19H,2-5,11-12,14-15H2,1H3,(H,26,27,28). The van der Waals surface area contributed by atoms with E-state index in [1.807, 2.05) is 12.3 Å². The first-order valence-corrected chi connectivity index (χ1v) is 12.1. The second-order valence-electron chi connectivity index (χ2n) is 8.74. The Kier molecular flexibility index (Phi) is 5.85. The van der Waals surface area contributed by atoms with Crippen LogP contribution in [-0.4, -0.2) is 34.1 Å². The molecule has 31 heavy (non-hydrogen) atoms. The van der Waals surface area contributed by atoms with Crippen molar-refractivity contribution in [1.82, 2.24) is 15.0 Å². The molecule has 1 aliphatic carbocycles. The van der Waals surface area contributed by atoms with Crippen LogP contribution in [0, 0.1) is 11.7 Å². The topological polar surface area (TPSA) is 53.9 Å². The fourth-order valence-corrected chi connectivity index (χ4v) is 5.54. The van der Waals surface area contributed by atoms with Crippen LogP contribution in [0.5, 0.6) is 0 Å². The molecule has 0 spiro atoms. The van der Waals surface area contributed by atoms with Gasteiger partial charge in [-0.3, -0.25) is 0 Å². The molecule has 1 aliphatic heterocycles. The fraction of sp³-hybridized carbons (Fsp3) is 0.458. The van der Waals surface area contributed by atoms with Crippen molar-refractivity contribution in [2.75, 3.05) is 23.3 Å². The number of halogens is 1. The normalized spacial score (nSPS) is 17.9. The summed E-state index contributed by atoms with van der Waals surface area (Å²) in [5.74, 6) is 1.20. The van der Waals surface area contributed by atoms with Gasteiger partial charge in [0.1, 0.15) is 5.82 Å². The predicted octanol–water partition coefficient (Wildman–Crippen LogP) is 6.00. The molecule has 1 aromatic carbocycles. The average molecular weight is 438 g/mol. The molecule has 5 nitrogen and oxygen atoms in total. The molecule has 2 fully saturated rings. The summed E-state index contributed by atoms with van der Waals surface area (Å²) < 4.78 is 13.6. The highest BCUT2D eigenvalue weighted by Gasteiger charge is 2.23. The Morgan fingerprint density at radius 3 is 2.48 bits per heavy atom. The van der Waals surface area contributed by atoms with Crippen LogP contribution in [0.15, 0.2) is 36.5 Å². The van der Waals surface area contributed by atoms with E-state index in [1.165, 1.54) is 50.7 Å². The molecule has 162 valence electrons. The first-order chi connectivity index (χ1) is 15.2. The van der Waals surface area contributed by atoms with E-state index in [4.69, 9.17) is 9.97 Å². The lowest BCUT2D eigenvalue weighted by Gasteiger charge is -2.29. The smallest absolute Gasteiger partial charge is 0.223 e. The van der Waals surface area contributed by atoms with Gasteiger partial charge in [0.2, 0.25) is 5.95 Å². The van der Waals surface area contributed by atoms with Crippen molar-refractivity contribution in [3.05, 3.63) is 42.3 Å². The van der Waals surface area contributed by atoms with Gasteiger partial charge in [0.25, 0.3) is 0 Å². The van der Waals surface area contributed by atoms with Crippen LogP contribution in [0.1, 0.15) is 45.4 Å². The van der Waals surface area contributed by atoms with Crippen molar-refractivity contribution < 1.29 is 4.39 Å². The average Bonchev–Trinajstić information content (AvgIpc) is 3.45. The van der Waals surface area contributed by atoms with E-state index < -0.39 is 0 Å². The molecule has 3 aromatic rings. The van der Waals surface area contributed by atoms with Gasteiger partial charge in [0.15, 0.2) is 5.13 Å². The molecule has 5 rings (SSSR count). The van der Waals surface area contributed by atoms with Crippen molar-refractivity contribution in [2.24, 2.45) is 5.92 Å². The Morgan fingerprint density at radius 2 is 1.74 bits per heavy atom. The Morgan fingerprint density at radius 1 is 1.00 bits per heavy atom. The number of hydrogen-bond acceptors (Lipinski definition) is 6. The lowest BCUT2D eigenvalue weighted by molar-refractivity contribution is 0.438. The molecule has 1 saturated heterocycles. The largest absolute Gasteiger partial charge is 0.351 e. The zero-order valence-corrected chi connectivity index (χ0v) is 18.7. The van der Waals surface area contributed by atoms with Gasteiger partial charge < -0.3 is 10.2 Å². The van der Waals surface area contributed by atoms with E-state index in [1.54, 1.807) is 23.5 Å². The lowest BCUT2D eigenvalue weighted by atomic mass is 10.00. The highest BCUT2D eigenvalue weighted by molar-refractivity contribution is 7.19. The van der Waals surface area contributed by atoms with Crippen LogP contribution in [0.3, 0.4) is 0 Å². The van der Waals surface area contributed by atoms with Crippen molar-refractivity contribution in [2.45, 2.75) is 51.5 Å². The maximum absolute atomic E-state index is 13.6. The first kappa shape index (κ1) is 20.4. The van der Waals surface area contributed by atoms with Crippen LogP contribution < -0.4 is 10.2 Å². The molecule has 1 N–H and O–H groups in total. The van der Waals surface area contributed by atoms with Gasteiger partial charge in [0, 0.05) is 30.9 Å². The molecular formula is C24H28FN5S. The third-order valence-corrected chi connectivity index (χ3v) is 7.50. The van der Waals surface area contributed by atoms with Crippen LogP contribution in [-0.2, 0) is 0 Å².